The number of likely N-dealkylation sites (tertiary alicyclic amines) is 2. The molecule has 4 aliphatic rings. The first-order valence-corrected chi connectivity index (χ1v) is 17.4. The summed E-state index contributed by atoms with van der Waals surface area (Å²) in [5, 5.41) is 1.48. The minimum absolute atomic E-state index is 0.0128. The van der Waals surface area contributed by atoms with Crippen molar-refractivity contribution in [3.63, 3.8) is 0 Å². The monoisotopic (exact) mass is 663 g/mol. The number of carbonyl (C=O) groups excluding carboxylic acids is 2. The second-order valence-corrected chi connectivity index (χ2v) is 14.5. The summed E-state index contributed by atoms with van der Waals surface area (Å²) in [5.74, 6) is 2.63. The Morgan fingerprint density at radius 3 is 2.46 bits per heavy atom. The van der Waals surface area contributed by atoms with Crippen LogP contribution in [0.5, 0.6) is 5.75 Å². The number of carbonyl (C=O) groups is 2. The average Bonchev–Trinajstić information content (AvgIpc) is 3.43. The number of halogens is 1. The molecular formula is C37H38ClN7O3. The molecule has 5 aromatic rings. The topological polar surface area (TPSA) is 112 Å². The van der Waals surface area contributed by atoms with E-state index in [0.29, 0.717) is 60.0 Å². The molecule has 2 amide bonds. The van der Waals surface area contributed by atoms with Crippen molar-refractivity contribution in [1.29, 1.82) is 0 Å². The maximum absolute atomic E-state index is 14.0. The summed E-state index contributed by atoms with van der Waals surface area (Å²) < 4.78 is 10.7. The molecule has 48 heavy (non-hydrogen) atoms. The standard InChI is InChI=1S/C37H38ClN7O3/c1-48-31-14-26(37(47)44-20-25-8-9-29(44)33(25)39)12-27-34(31)45(19-22-16-42(17-22)36(46)24-10-11-40-32(38)15-24)35(41-27)30-13-23-4-2-3-5-28(23)43(30)18-21-6-7-21/h2-5,10-15,21-22,25,29,33H,6-9,16-20,39H2,1H3. The molecule has 3 atom stereocenters. The van der Waals surface area contributed by atoms with Gasteiger partial charge in [-0.25, -0.2) is 9.97 Å². The number of fused-ring (bicyclic) bond motifs is 4. The van der Waals surface area contributed by atoms with Crippen LogP contribution in [-0.4, -0.2) is 79.5 Å². The van der Waals surface area contributed by atoms with E-state index in [0.717, 1.165) is 41.9 Å². The van der Waals surface area contributed by atoms with Gasteiger partial charge in [0.25, 0.3) is 11.8 Å². The van der Waals surface area contributed by atoms with Gasteiger partial charge in [0.15, 0.2) is 5.82 Å². The summed E-state index contributed by atoms with van der Waals surface area (Å²) in [6, 6.07) is 18.0. The highest BCUT2D eigenvalue weighted by molar-refractivity contribution is 6.29. The largest absolute Gasteiger partial charge is 0.494 e. The average molecular weight is 664 g/mol. The van der Waals surface area contributed by atoms with E-state index in [1.54, 1.807) is 25.4 Å². The summed E-state index contributed by atoms with van der Waals surface area (Å²) in [7, 11) is 1.65. The molecule has 11 heteroatoms. The molecule has 2 aromatic carbocycles. The van der Waals surface area contributed by atoms with E-state index in [-0.39, 0.29) is 29.8 Å². The Morgan fingerprint density at radius 2 is 1.73 bits per heavy atom. The van der Waals surface area contributed by atoms with Crippen molar-refractivity contribution in [2.24, 2.45) is 23.5 Å². The van der Waals surface area contributed by atoms with Gasteiger partial charge in [0.2, 0.25) is 0 Å². The van der Waals surface area contributed by atoms with Crippen LogP contribution in [0.3, 0.4) is 0 Å². The van der Waals surface area contributed by atoms with Crippen molar-refractivity contribution in [3.05, 3.63) is 77.1 Å². The Morgan fingerprint density at radius 1 is 0.917 bits per heavy atom. The summed E-state index contributed by atoms with van der Waals surface area (Å²) in [6.07, 6.45) is 6.07. The van der Waals surface area contributed by atoms with E-state index in [1.165, 1.54) is 23.7 Å². The molecule has 2 bridgehead atoms. The molecule has 246 valence electrons. The van der Waals surface area contributed by atoms with Crippen molar-refractivity contribution in [3.8, 4) is 17.3 Å². The lowest BCUT2D eigenvalue weighted by Gasteiger charge is -2.39. The molecule has 2 saturated carbocycles. The van der Waals surface area contributed by atoms with Gasteiger partial charge in [-0.15, -0.1) is 0 Å². The minimum atomic E-state index is -0.0492. The van der Waals surface area contributed by atoms with Crippen molar-refractivity contribution in [1.82, 2.24) is 28.9 Å². The Kier molecular flexibility index (Phi) is 7.02. The summed E-state index contributed by atoms with van der Waals surface area (Å²) >= 11 is 6.07. The zero-order chi connectivity index (χ0) is 32.7. The Labute approximate surface area is 283 Å². The van der Waals surface area contributed by atoms with Crippen LogP contribution in [0.2, 0.25) is 5.15 Å². The fourth-order valence-electron chi connectivity index (χ4n) is 8.31. The summed E-state index contributed by atoms with van der Waals surface area (Å²) in [6.45, 7) is 3.50. The molecule has 9 rings (SSSR count). The molecule has 2 N–H and O–H groups in total. The van der Waals surface area contributed by atoms with Crippen LogP contribution < -0.4 is 10.5 Å². The highest BCUT2D eigenvalue weighted by atomic mass is 35.5. The fraction of sp³-hybridized carbons (Fsp3) is 0.405. The number of benzene rings is 2. The molecule has 0 radical (unpaired) electrons. The Balaban J connectivity index is 1.12. The number of amides is 2. The molecule has 4 fully saturated rings. The number of rotatable bonds is 8. The quantitative estimate of drug-likeness (QED) is 0.221. The van der Waals surface area contributed by atoms with Gasteiger partial charge >= 0.3 is 0 Å². The second kappa shape index (κ2) is 11.3. The maximum Gasteiger partial charge on any atom is 0.254 e. The lowest BCUT2D eigenvalue weighted by molar-refractivity contribution is 0.0471. The third kappa shape index (κ3) is 4.87. The smallest absolute Gasteiger partial charge is 0.254 e. The van der Waals surface area contributed by atoms with Crippen molar-refractivity contribution in [2.45, 2.75) is 50.9 Å². The number of pyridine rings is 1. The van der Waals surface area contributed by atoms with Gasteiger partial charge in [-0.2, -0.15) is 0 Å². The molecular weight excluding hydrogens is 626 g/mol. The number of aromatic nitrogens is 4. The normalized spacial score (nSPS) is 22.2. The number of nitrogens with zero attached hydrogens (tertiary/aromatic N) is 6. The van der Waals surface area contributed by atoms with Crippen LogP contribution in [0.4, 0.5) is 0 Å². The molecule has 0 spiro atoms. The van der Waals surface area contributed by atoms with E-state index in [9.17, 15) is 9.59 Å². The highest BCUT2D eigenvalue weighted by Crippen LogP contribution is 2.41. The van der Waals surface area contributed by atoms with Crippen molar-refractivity contribution >= 4 is 45.4 Å². The van der Waals surface area contributed by atoms with Gasteiger partial charge in [-0.3, -0.25) is 9.59 Å². The molecule has 2 aliphatic heterocycles. The number of hydrogen-bond donors (Lipinski definition) is 1. The third-order valence-corrected chi connectivity index (χ3v) is 11.2. The summed E-state index contributed by atoms with van der Waals surface area (Å²) in [4.78, 5) is 40.3. The maximum atomic E-state index is 14.0. The lowest BCUT2D eigenvalue weighted by Crippen LogP contribution is -2.51. The Hall–Kier alpha value is -4.41. The summed E-state index contributed by atoms with van der Waals surface area (Å²) in [5.41, 5.74) is 11.4. The second-order valence-electron chi connectivity index (χ2n) is 14.1. The predicted octanol–water partition coefficient (Wildman–Crippen LogP) is 5.46. The van der Waals surface area contributed by atoms with E-state index in [1.807, 2.05) is 21.9 Å². The van der Waals surface area contributed by atoms with Gasteiger partial charge in [0, 0.05) is 79.0 Å². The first-order valence-electron chi connectivity index (χ1n) is 17.0. The van der Waals surface area contributed by atoms with Crippen LogP contribution in [0.25, 0.3) is 33.5 Å². The molecule has 2 saturated heterocycles. The van der Waals surface area contributed by atoms with E-state index in [4.69, 9.17) is 27.1 Å². The number of imidazole rings is 1. The van der Waals surface area contributed by atoms with Gasteiger partial charge in [0.1, 0.15) is 16.4 Å². The number of ether oxygens (including phenoxy) is 1. The number of nitrogens with two attached hydrogens (primary N) is 1. The SMILES string of the molecule is COc1cc(C(=O)N2CC3CCC2C3N)cc2nc(-c3cc4ccccc4n3CC3CC3)n(CC3CN(C(=O)c4ccnc(Cl)c4)C3)c12. The van der Waals surface area contributed by atoms with Crippen molar-refractivity contribution in [2.75, 3.05) is 26.7 Å². The van der Waals surface area contributed by atoms with Crippen LogP contribution in [0.1, 0.15) is 46.4 Å². The Bertz CT molecular complexity index is 2100. The first kappa shape index (κ1) is 29.7. The lowest BCUT2D eigenvalue weighted by atomic mass is 9.98. The zero-order valence-corrected chi connectivity index (χ0v) is 27.6. The molecule has 2 aliphatic carbocycles. The number of methoxy groups -OCH3 is 1. The number of para-hydroxylation sites is 1. The number of piperidine rings is 1. The molecule has 3 aromatic heterocycles. The van der Waals surface area contributed by atoms with Crippen LogP contribution in [-0.2, 0) is 13.1 Å². The predicted molar refractivity (Wildman–Crippen MR) is 184 cm³/mol. The molecule has 5 heterocycles. The van der Waals surface area contributed by atoms with Gasteiger partial charge in [0.05, 0.1) is 18.3 Å². The van der Waals surface area contributed by atoms with Crippen LogP contribution in [0, 0.1) is 17.8 Å². The zero-order valence-electron chi connectivity index (χ0n) is 26.9. The van der Waals surface area contributed by atoms with Gasteiger partial charge < -0.3 is 29.4 Å². The fourth-order valence-corrected chi connectivity index (χ4v) is 8.48. The third-order valence-electron chi connectivity index (χ3n) is 11.0. The van der Waals surface area contributed by atoms with Crippen LogP contribution in [0.15, 0.2) is 60.8 Å². The number of hydrogen-bond acceptors (Lipinski definition) is 6. The van der Waals surface area contributed by atoms with E-state index >= 15 is 0 Å². The first-order chi connectivity index (χ1) is 23.4. The van der Waals surface area contributed by atoms with E-state index in [2.05, 4.69) is 44.5 Å². The molecule has 3 unspecified atom stereocenters. The van der Waals surface area contributed by atoms with Gasteiger partial charge in [-0.05, 0) is 73.9 Å². The highest BCUT2D eigenvalue weighted by Gasteiger charge is 2.47. The van der Waals surface area contributed by atoms with Crippen LogP contribution >= 0.6 is 11.6 Å². The van der Waals surface area contributed by atoms with Gasteiger partial charge in [-0.1, -0.05) is 29.8 Å². The van der Waals surface area contributed by atoms with E-state index < -0.39 is 0 Å². The minimum Gasteiger partial charge on any atom is -0.494 e. The van der Waals surface area contributed by atoms with Crippen molar-refractivity contribution < 1.29 is 14.3 Å². The molecule has 10 nitrogen and oxygen atoms in total.